The van der Waals surface area contributed by atoms with Gasteiger partial charge >= 0.3 is 0 Å². The van der Waals surface area contributed by atoms with Crippen molar-refractivity contribution in [2.24, 2.45) is 11.7 Å². The lowest BCUT2D eigenvalue weighted by Crippen LogP contribution is -2.31. The fourth-order valence-corrected chi connectivity index (χ4v) is 1.52. The molecule has 4 nitrogen and oxygen atoms in total. The number of aromatic nitrogens is 1. The van der Waals surface area contributed by atoms with Gasteiger partial charge in [0.2, 0.25) is 0 Å². The van der Waals surface area contributed by atoms with Crippen molar-refractivity contribution >= 4 is 0 Å². The van der Waals surface area contributed by atoms with Crippen LogP contribution in [0, 0.1) is 12.8 Å². The van der Waals surface area contributed by atoms with E-state index in [1.807, 2.05) is 6.92 Å². The van der Waals surface area contributed by atoms with E-state index in [2.05, 4.69) is 30.8 Å². The van der Waals surface area contributed by atoms with Crippen LogP contribution < -0.4 is 5.73 Å². The molecule has 2 N–H and O–H groups in total. The predicted octanol–water partition coefficient (Wildman–Crippen LogP) is 1.79. The molecule has 0 aromatic carbocycles. The summed E-state index contributed by atoms with van der Waals surface area (Å²) in [6.07, 6.45) is 2.52. The lowest BCUT2D eigenvalue weighted by molar-refractivity contribution is 0.292. The summed E-state index contributed by atoms with van der Waals surface area (Å²) in [5.41, 5.74) is 7.02. The summed E-state index contributed by atoms with van der Waals surface area (Å²) in [5, 5.41) is 0. The molecule has 1 heterocycles. The molecule has 1 aromatic heterocycles. The van der Waals surface area contributed by atoms with Crippen molar-refractivity contribution in [1.29, 1.82) is 0 Å². The molecule has 1 rings (SSSR count). The van der Waals surface area contributed by atoms with Crippen LogP contribution in [0.2, 0.25) is 0 Å². The molecule has 0 aliphatic carbocycles. The van der Waals surface area contributed by atoms with Gasteiger partial charge in [0.25, 0.3) is 0 Å². The number of nitrogens with zero attached hydrogens (tertiary/aromatic N) is 2. The Kier molecular flexibility index (Phi) is 4.96. The van der Waals surface area contributed by atoms with Gasteiger partial charge in [-0.2, -0.15) is 0 Å². The summed E-state index contributed by atoms with van der Waals surface area (Å²) in [5.74, 6) is 1.45. The first-order valence-electron chi connectivity index (χ1n) is 5.83. The zero-order valence-corrected chi connectivity index (χ0v) is 10.7. The Morgan fingerprint density at radius 1 is 1.50 bits per heavy atom. The van der Waals surface area contributed by atoms with Gasteiger partial charge in [0.15, 0.2) is 6.39 Å². The highest BCUT2D eigenvalue weighted by Gasteiger charge is 2.11. The third kappa shape index (κ3) is 3.94. The summed E-state index contributed by atoms with van der Waals surface area (Å²) in [6.45, 7) is 8.08. The summed E-state index contributed by atoms with van der Waals surface area (Å²) in [7, 11) is 2.08. The fraction of sp³-hybridized carbons (Fsp3) is 0.750. The first-order valence-corrected chi connectivity index (χ1v) is 5.83. The molecule has 1 aromatic rings. The molecule has 0 saturated carbocycles. The van der Waals surface area contributed by atoms with E-state index in [9.17, 15) is 0 Å². The van der Waals surface area contributed by atoms with Crippen molar-refractivity contribution in [3.63, 3.8) is 0 Å². The van der Waals surface area contributed by atoms with Gasteiger partial charge in [0.1, 0.15) is 5.76 Å². The third-order valence-corrected chi connectivity index (χ3v) is 2.96. The van der Waals surface area contributed by atoms with Gasteiger partial charge in [-0.15, -0.1) is 0 Å². The maximum absolute atomic E-state index is 6.01. The van der Waals surface area contributed by atoms with Crippen LogP contribution in [0.15, 0.2) is 10.8 Å². The van der Waals surface area contributed by atoms with Crippen LogP contribution in [-0.2, 0) is 6.54 Å². The molecule has 92 valence electrons. The summed E-state index contributed by atoms with van der Waals surface area (Å²) in [4.78, 5) is 6.41. The van der Waals surface area contributed by atoms with E-state index in [-0.39, 0.29) is 6.04 Å². The van der Waals surface area contributed by atoms with Crippen molar-refractivity contribution in [2.45, 2.75) is 39.8 Å². The highest BCUT2D eigenvalue weighted by molar-refractivity contribution is 5.04. The largest absolute Gasteiger partial charge is 0.448 e. The minimum Gasteiger partial charge on any atom is -0.448 e. The quantitative estimate of drug-likeness (QED) is 0.802. The Balaban J connectivity index is 2.31. The monoisotopic (exact) mass is 225 g/mol. The zero-order valence-electron chi connectivity index (χ0n) is 10.7. The smallest absolute Gasteiger partial charge is 0.181 e. The zero-order chi connectivity index (χ0) is 12.1. The van der Waals surface area contributed by atoms with Gasteiger partial charge in [-0.05, 0) is 32.9 Å². The lowest BCUT2D eigenvalue weighted by Gasteiger charge is -2.20. The molecule has 0 amide bonds. The van der Waals surface area contributed by atoms with E-state index in [1.165, 1.54) is 6.39 Å². The van der Waals surface area contributed by atoms with E-state index in [1.54, 1.807) is 0 Å². The number of rotatable bonds is 6. The first-order chi connectivity index (χ1) is 7.50. The first kappa shape index (κ1) is 13.2. The van der Waals surface area contributed by atoms with Crippen molar-refractivity contribution in [3.05, 3.63) is 17.8 Å². The van der Waals surface area contributed by atoms with E-state index in [0.29, 0.717) is 5.92 Å². The maximum atomic E-state index is 6.01. The molecule has 16 heavy (non-hydrogen) atoms. The van der Waals surface area contributed by atoms with Gasteiger partial charge in [0.05, 0.1) is 5.69 Å². The summed E-state index contributed by atoms with van der Waals surface area (Å²) in [6, 6.07) is 0.279. The van der Waals surface area contributed by atoms with Gasteiger partial charge in [0, 0.05) is 12.6 Å². The fourth-order valence-electron chi connectivity index (χ4n) is 1.52. The van der Waals surface area contributed by atoms with Gasteiger partial charge in [-0.1, -0.05) is 13.8 Å². The van der Waals surface area contributed by atoms with Gasteiger partial charge < -0.3 is 15.1 Å². The van der Waals surface area contributed by atoms with Gasteiger partial charge in [-0.25, -0.2) is 4.98 Å². The number of hydrogen-bond acceptors (Lipinski definition) is 4. The van der Waals surface area contributed by atoms with Crippen LogP contribution in [0.4, 0.5) is 0 Å². The van der Waals surface area contributed by atoms with Crippen LogP contribution in [0.25, 0.3) is 0 Å². The second-order valence-electron chi connectivity index (χ2n) is 4.79. The molecule has 1 unspecified atom stereocenters. The highest BCUT2D eigenvalue weighted by atomic mass is 16.3. The molecule has 0 bridgehead atoms. The molecule has 0 aliphatic heterocycles. The Morgan fingerprint density at radius 2 is 2.19 bits per heavy atom. The van der Waals surface area contributed by atoms with E-state index in [4.69, 9.17) is 10.2 Å². The van der Waals surface area contributed by atoms with Crippen LogP contribution in [0.5, 0.6) is 0 Å². The van der Waals surface area contributed by atoms with E-state index >= 15 is 0 Å². The number of nitrogens with two attached hydrogens (primary N) is 1. The van der Waals surface area contributed by atoms with Crippen LogP contribution in [-0.4, -0.2) is 29.5 Å². The van der Waals surface area contributed by atoms with Crippen LogP contribution >= 0.6 is 0 Å². The Hall–Kier alpha value is -0.870. The Morgan fingerprint density at radius 3 is 2.69 bits per heavy atom. The van der Waals surface area contributed by atoms with Crippen molar-refractivity contribution in [3.8, 4) is 0 Å². The molecular formula is C12H23N3O. The number of aryl methyl sites for hydroxylation is 1. The standard InChI is InChI=1S/C12H23N3O/c1-9(2)11(13)5-6-15(4)7-12-10(3)16-8-14-12/h8-9,11H,5-7,13H2,1-4H3. The molecule has 0 saturated heterocycles. The predicted molar refractivity (Wildman–Crippen MR) is 65.0 cm³/mol. The second kappa shape index (κ2) is 6.01. The molecule has 4 heteroatoms. The minimum atomic E-state index is 0.279. The lowest BCUT2D eigenvalue weighted by atomic mass is 10.0. The average molecular weight is 225 g/mol. The average Bonchev–Trinajstić information content (AvgIpc) is 2.60. The maximum Gasteiger partial charge on any atom is 0.181 e. The SMILES string of the molecule is Cc1ocnc1CN(C)CCC(N)C(C)C. The normalized spacial score (nSPS) is 13.7. The molecule has 0 spiro atoms. The molecule has 1 atom stereocenters. The molecule has 0 aliphatic rings. The van der Waals surface area contributed by atoms with Gasteiger partial charge in [-0.3, -0.25) is 0 Å². The summed E-state index contributed by atoms with van der Waals surface area (Å²) < 4.78 is 5.17. The van der Waals surface area contributed by atoms with Crippen molar-refractivity contribution < 1.29 is 4.42 Å². The van der Waals surface area contributed by atoms with Crippen LogP contribution in [0.1, 0.15) is 31.7 Å². The number of hydrogen-bond donors (Lipinski definition) is 1. The van der Waals surface area contributed by atoms with Crippen molar-refractivity contribution in [1.82, 2.24) is 9.88 Å². The third-order valence-electron chi connectivity index (χ3n) is 2.96. The van der Waals surface area contributed by atoms with E-state index in [0.717, 1.165) is 31.0 Å². The van der Waals surface area contributed by atoms with Crippen molar-refractivity contribution in [2.75, 3.05) is 13.6 Å². The number of oxazole rings is 1. The Bertz CT molecular complexity index is 309. The topological polar surface area (TPSA) is 55.3 Å². The highest BCUT2D eigenvalue weighted by Crippen LogP contribution is 2.09. The second-order valence-corrected chi connectivity index (χ2v) is 4.79. The minimum absolute atomic E-state index is 0.279. The summed E-state index contributed by atoms with van der Waals surface area (Å²) >= 11 is 0. The molecule has 0 radical (unpaired) electrons. The van der Waals surface area contributed by atoms with Crippen LogP contribution in [0.3, 0.4) is 0 Å². The molecule has 0 fully saturated rings. The Labute approximate surface area is 97.8 Å². The molecular weight excluding hydrogens is 202 g/mol. The van der Waals surface area contributed by atoms with E-state index < -0.39 is 0 Å².